The van der Waals surface area contributed by atoms with Crippen LogP contribution in [0.1, 0.15) is 23.8 Å². The molecule has 4 aromatic rings. The number of carbonyl (C=O) groups is 1. The zero-order valence-corrected chi connectivity index (χ0v) is 18.0. The van der Waals surface area contributed by atoms with Crippen LogP contribution in [0.2, 0.25) is 5.02 Å². The molecular formula is C22H19ClFN5O3. The van der Waals surface area contributed by atoms with Gasteiger partial charge in [-0.15, -0.1) is 10.2 Å². The van der Waals surface area contributed by atoms with Crippen LogP contribution in [0.15, 0.2) is 42.6 Å². The molecule has 0 unspecified atom stereocenters. The minimum atomic E-state index is -0.509. The molecule has 1 aromatic carbocycles. The summed E-state index contributed by atoms with van der Waals surface area (Å²) in [6.45, 7) is 2.40. The highest BCUT2D eigenvalue weighted by atomic mass is 35.5. The molecule has 4 rings (SSSR count). The monoisotopic (exact) mass is 455 g/mol. The number of carbonyl (C=O) groups excluding carboxylic acids is 1. The Morgan fingerprint density at radius 3 is 2.81 bits per heavy atom. The van der Waals surface area contributed by atoms with E-state index in [1.807, 2.05) is 6.92 Å². The number of hydrogen-bond acceptors (Lipinski definition) is 7. The van der Waals surface area contributed by atoms with Crippen LogP contribution in [0.4, 0.5) is 15.8 Å². The fourth-order valence-corrected chi connectivity index (χ4v) is 3.27. The highest BCUT2D eigenvalue weighted by molar-refractivity contribution is 6.30. The van der Waals surface area contributed by atoms with E-state index in [0.717, 1.165) is 6.42 Å². The van der Waals surface area contributed by atoms with E-state index in [0.29, 0.717) is 34.0 Å². The number of halogens is 2. The lowest BCUT2D eigenvalue weighted by Gasteiger charge is -2.13. The molecule has 3 heterocycles. The van der Waals surface area contributed by atoms with Gasteiger partial charge in [-0.25, -0.2) is 14.2 Å². The lowest BCUT2D eigenvalue weighted by molar-refractivity contribution is 0.0595. The minimum absolute atomic E-state index is 0.213. The summed E-state index contributed by atoms with van der Waals surface area (Å²) in [5.41, 5.74) is 2.36. The van der Waals surface area contributed by atoms with Crippen LogP contribution in [0.5, 0.6) is 5.88 Å². The van der Waals surface area contributed by atoms with Crippen molar-refractivity contribution in [3.8, 4) is 17.1 Å². The first-order chi connectivity index (χ1) is 15.5. The van der Waals surface area contributed by atoms with Crippen LogP contribution in [-0.4, -0.2) is 39.9 Å². The van der Waals surface area contributed by atoms with Crippen LogP contribution in [-0.2, 0) is 4.74 Å². The van der Waals surface area contributed by atoms with E-state index in [1.54, 1.807) is 24.4 Å². The highest BCUT2D eigenvalue weighted by Gasteiger charge is 2.17. The van der Waals surface area contributed by atoms with Gasteiger partial charge in [0.15, 0.2) is 0 Å². The minimum Gasteiger partial charge on any atom is -0.475 e. The zero-order chi connectivity index (χ0) is 22.7. The quantitative estimate of drug-likeness (QED) is 0.372. The van der Waals surface area contributed by atoms with E-state index in [4.69, 9.17) is 21.1 Å². The summed E-state index contributed by atoms with van der Waals surface area (Å²) in [5, 5.41) is 12.5. The van der Waals surface area contributed by atoms with E-state index in [1.165, 1.54) is 25.3 Å². The molecule has 0 bridgehead atoms. The molecule has 0 aliphatic heterocycles. The van der Waals surface area contributed by atoms with Gasteiger partial charge in [-0.3, -0.25) is 0 Å². The zero-order valence-electron chi connectivity index (χ0n) is 17.3. The van der Waals surface area contributed by atoms with Crippen molar-refractivity contribution in [3.05, 3.63) is 59.1 Å². The second-order valence-electron chi connectivity index (χ2n) is 6.84. The van der Waals surface area contributed by atoms with Crippen molar-refractivity contribution < 1.29 is 18.7 Å². The Morgan fingerprint density at radius 2 is 2.03 bits per heavy atom. The first kappa shape index (κ1) is 21.5. The molecule has 3 aromatic heterocycles. The number of aromatic amines is 1. The Kier molecular flexibility index (Phi) is 6.18. The topological polar surface area (TPSA) is 102 Å². The van der Waals surface area contributed by atoms with Gasteiger partial charge >= 0.3 is 5.97 Å². The summed E-state index contributed by atoms with van der Waals surface area (Å²) < 4.78 is 24.9. The lowest BCUT2D eigenvalue weighted by Crippen LogP contribution is -2.04. The Labute approximate surface area is 187 Å². The molecule has 0 amide bonds. The number of H-pyrrole nitrogens is 1. The average Bonchev–Trinajstić information content (AvgIpc) is 3.25. The second-order valence-corrected chi connectivity index (χ2v) is 7.28. The third-order valence-electron chi connectivity index (χ3n) is 4.61. The molecule has 2 N–H and O–H groups in total. The average molecular weight is 456 g/mol. The number of fused-ring (bicyclic) bond motifs is 1. The number of esters is 1. The molecule has 0 aliphatic rings. The third-order valence-corrected chi connectivity index (χ3v) is 4.85. The van der Waals surface area contributed by atoms with Crippen LogP contribution in [0.25, 0.3) is 22.3 Å². The number of nitrogens with one attached hydrogen (secondary N) is 2. The summed E-state index contributed by atoms with van der Waals surface area (Å²) in [5.74, 6) is -0.728. The van der Waals surface area contributed by atoms with Crippen LogP contribution in [0.3, 0.4) is 0 Å². The largest absolute Gasteiger partial charge is 0.475 e. The highest BCUT2D eigenvalue weighted by Crippen LogP contribution is 2.33. The summed E-state index contributed by atoms with van der Waals surface area (Å²) in [7, 11) is 1.30. The molecule has 164 valence electrons. The number of benzene rings is 1. The van der Waals surface area contributed by atoms with Crippen molar-refractivity contribution in [3.63, 3.8) is 0 Å². The van der Waals surface area contributed by atoms with Crippen molar-refractivity contribution in [2.75, 3.05) is 19.0 Å². The smallest absolute Gasteiger partial charge is 0.354 e. The summed E-state index contributed by atoms with van der Waals surface area (Å²) in [6.07, 6.45) is 2.35. The summed E-state index contributed by atoms with van der Waals surface area (Å²) in [6, 6.07) is 9.22. The number of ether oxygens (including phenoxy) is 2. The molecule has 8 nitrogen and oxygen atoms in total. The molecule has 32 heavy (non-hydrogen) atoms. The number of nitrogens with zero attached hydrogens (tertiary/aromatic N) is 3. The number of anilines is 2. The van der Waals surface area contributed by atoms with Crippen molar-refractivity contribution in [1.29, 1.82) is 0 Å². The van der Waals surface area contributed by atoms with E-state index in [9.17, 15) is 9.18 Å². The number of hydrogen-bond donors (Lipinski definition) is 2. The van der Waals surface area contributed by atoms with Crippen LogP contribution in [0, 0.1) is 5.82 Å². The number of rotatable bonds is 7. The summed E-state index contributed by atoms with van der Waals surface area (Å²) in [4.78, 5) is 19.1. The van der Waals surface area contributed by atoms with Crippen molar-refractivity contribution >= 4 is 40.0 Å². The number of methoxy groups -OCH3 is 1. The fraction of sp³-hybridized carbons (Fsp3) is 0.182. The SMILES string of the molecule is CCCOc1nnc(-c2cc(Cl)ccc2F)cc1Nc1ccnc2[nH]c(C(=O)OC)cc12. The van der Waals surface area contributed by atoms with Crippen molar-refractivity contribution in [2.24, 2.45) is 0 Å². The normalized spacial score (nSPS) is 10.9. The Morgan fingerprint density at radius 1 is 1.19 bits per heavy atom. The molecular weight excluding hydrogens is 437 g/mol. The predicted octanol–water partition coefficient (Wildman–Crippen LogP) is 5.13. The molecule has 0 aliphatic carbocycles. The number of pyridine rings is 1. The molecule has 0 saturated heterocycles. The molecule has 0 fully saturated rings. The van der Waals surface area contributed by atoms with Gasteiger partial charge in [-0.05, 0) is 42.8 Å². The Hall–Kier alpha value is -3.72. The number of aromatic nitrogens is 4. The molecule has 0 atom stereocenters. The maximum Gasteiger partial charge on any atom is 0.354 e. The molecule has 10 heteroatoms. The maximum absolute atomic E-state index is 14.4. The van der Waals surface area contributed by atoms with Gasteiger partial charge < -0.3 is 19.8 Å². The van der Waals surface area contributed by atoms with Gasteiger partial charge in [-0.1, -0.05) is 18.5 Å². The maximum atomic E-state index is 14.4. The first-order valence-corrected chi connectivity index (χ1v) is 10.2. The molecule has 0 radical (unpaired) electrons. The third kappa shape index (κ3) is 4.33. The van der Waals surface area contributed by atoms with Gasteiger partial charge in [0.25, 0.3) is 5.88 Å². The van der Waals surface area contributed by atoms with E-state index < -0.39 is 11.8 Å². The molecule has 0 spiro atoms. The fourth-order valence-electron chi connectivity index (χ4n) is 3.10. The standard InChI is InChI=1S/C22H19ClFN5O3/c1-3-8-32-21-18(11-17(28-29-21)13-9-12(23)4-5-15(13)24)26-16-6-7-25-20-14(16)10-19(27-20)22(30)31-2/h4-7,9-11H,3,8H2,1-2H3,(H2,25,26,27,28). The van der Waals surface area contributed by atoms with E-state index in [-0.39, 0.29) is 22.8 Å². The van der Waals surface area contributed by atoms with Crippen LogP contribution >= 0.6 is 11.6 Å². The first-order valence-electron chi connectivity index (χ1n) is 9.79. The summed E-state index contributed by atoms with van der Waals surface area (Å²) >= 11 is 6.04. The van der Waals surface area contributed by atoms with Crippen molar-refractivity contribution in [1.82, 2.24) is 20.2 Å². The van der Waals surface area contributed by atoms with E-state index in [2.05, 4.69) is 25.5 Å². The second kappa shape index (κ2) is 9.19. The van der Waals surface area contributed by atoms with E-state index >= 15 is 0 Å². The van der Waals surface area contributed by atoms with Gasteiger partial charge in [0.2, 0.25) is 0 Å². The van der Waals surface area contributed by atoms with Crippen molar-refractivity contribution in [2.45, 2.75) is 13.3 Å². The van der Waals surface area contributed by atoms with Crippen LogP contribution < -0.4 is 10.1 Å². The Bertz CT molecular complexity index is 1290. The predicted molar refractivity (Wildman–Crippen MR) is 119 cm³/mol. The van der Waals surface area contributed by atoms with Gasteiger partial charge in [0.05, 0.1) is 25.1 Å². The molecule has 0 saturated carbocycles. The lowest BCUT2D eigenvalue weighted by atomic mass is 10.1. The van der Waals surface area contributed by atoms with Gasteiger partial charge in [-0.2, -0.15) is 0 Å². The van der Waals surface area contributed by atoms with Gasteiger partial charge in [0.1, 0.15) is 22.8 Å². The van der Waals surface area contributed by atoms with Gasteiger partial charge in [0, 0.05) is 22.2 Å². The Balaban J connectivity index is 1.78.